The molecule has 0 radical (unpaired) electrons. The third-order valence-corrected chi connectivity index (χ3v) is 4.68. The zero-order valence-electron chi connectivity index (χ0n) is 11.0. The summed E-state index contributed by atoms with van der Waals surface area (Å²) in [5.74, 6) is -0.443. The van der Waals surface area contributed by atoms with Gasteiger partial charge in [0.25, 0.3) is 0 Å². The maximum Gasteiger partial charge on any atom is 0.417 e. The highest BCUT2D eigenvalue weighted by Gasteiger charge is 2.53. The minimum absolute atomic E-state index is 0.0154. The molecule has 0 aromatic heterocycles. The molecule has 0 aromatic rings. The summed E-state index contributed by atoms with van der Waals surface area (Å²) in [6, 6.07) is 0. The predicted molar refractivity (Wildman–Crippen MR) is 64.9 cm³/mol. The van der Waals surface area contributed by atoms with Gasteiger partial charge < -0.3 is 15.0 Å². The van der Waals surface area contributed by atoms with Crippen LogP contribution in [0.3, 0.4) is 0 Å². The summed E-state index contributed by atoms with van der Waals surface area (Å²) in [6.45, 7) is 7.42. The van der Waals surface area contributed by atoms with Gasteiger partial charge >= 0.3 is 12.1 Å². The Hall–Kier alpha value is -1.10. The van der Waals surface area contributed by atoms with E-state index in [-0.39, 0.29) is 22.7 Å². The normalized spacial score (nSPS) is 31.0. The number of nitrogens with zero attached hydrogens (tertiary/aromatic N) is 1. The largest absolute Gasteiger partial charge is 0.417 e. The summed E-state index contributed by atoms with van der Waals surface area (Å²) in [6.07, 6.45) is 1.39. The lowest BCUT2D eigenvalue weighted by atomic mass is 9.81. The number of hydrogen-bond acceptors (Lipinski definition) is 4. The van der Waals surface area contributed by atoms with Crippen LogP contribution in [0.2, 0.25) is 0 Å². The molecule has 1 N–H and O–H groups in total. The SMILES string of the molecule is CC1(C)CC1C(=O)OC(=O)N1CCC2(CNC2)C1. The molecule has 3 rings (SSSR count). The van der Waals surface area contributed by atoms with Crippen LogP contribution in [-0.4, -0.2) is 43.1 Å². The average molecular weight is 252 g/mol. The van der Waals surface area contributed by atoms with Crippen molar-refractivity contribution in [2.24, 2.45) is 16.7 Å². The van der Waals surface area contributed by atoms with E-state index in [1.165, 1.54) is 0 Å². The summed E-state index contributed by atoms with van der Waals surface area (Å²) >= 11 is 0. The van der Waals surface area contributed by atoms with Crippen molar-refractivity contribution in [3.05, 3.63) is 0 Å². The van der Waals surface area contributed by atoms with E-state index in [0.29, 0.717) is 6.54 Å². The molecule has 1 spiro atoms. The highest BCUT2D eigenvalue weighted by Crippen LogP contribution is 2.52. The Labute approximate surface area is 107 Å². The number of likely N-dealkylation sites (tertiary alicyclic amines) is 1. The molecule has 1 amide bonds. The van der Waals surface area contributed by atoms with Gasteiger partial charge in [-0.05, 0) is 18.3 Å². The zero-order valence-corrected chi connectivity index (χ0v) is 11.0. The number of carbonyl (C=O) groups excluding carboxylic acids is 2. The Kier molecular flexibility index (Phi) is 2.46. The lowest BCUT2D eigenvalue weighted by molar-refractivity contribution is -0.140. The van der Waals surface area contributed by atoms with Crippen molar-refractivity contribution >= 4 is 12.1 Å². The number of carbonyl (C=O) groups is 2. The molecule has 100 valence electrons. The second-order valence-electron chi connectivity index (χ2n) is 6.71. The minimum atomic E-state index is -0.452. The molecule has 5 heteroatoms. The van der Waals surface area contributed by atoms with Gasteiger partial charge in [0.05, 0.1) is 5.92 Å². The van der Waals surface area contributed by atoms with E-state index in [0.717, 1.165) is 32.5 Å². The Morgan fingerprint density at radius 2 is 2.00 bits per heavy atom. The molecule has 5 nitrogen and oxygen atoms in total. The Balaban J connectivity index is 1.52. The molecule has 18 heavy (non-hydrogen) atoms. The lowest BCUT2D eigenvalue weighted by Gasteiger charge is -2.38. The fourth-order valence-electron chi connectivity index (χ4n) is 2.95. The Bertz CT molecular complexity index is 401. The molecular formula is C13H20N2O3. The van der Waals surface area contributed by atoms with Gasteiger partial charge in [-0.3, -0.25) is 4.79 Å². The van der Waals surface area contributed by atoms with E-state index < -0.39 is 6.09 Å². The van der Waals surface area contributed by atoms with Crippen molar-refractivity contribution in [3.63, 3.8) is 0 Å². The van der Waals surface area contributed by atoms with Crippen molar-refractivity contribution in [2.75, 3.05) is 26.2 Å². The number of rotatable bonds is 1. The first kappa shape index (κ1) is 12.0. The summed E-state index contributed by atoms with van der Waals surface area (Å²) in [5, 5.41) is 3.24. The van der Waals surface area contributed by atoms with E-state index in [9.17, 15) is 9.59 Å². The third-order valence-electron chi connectivity index (χ3n) is 4.68. The topological polar surface area (TPSA) is 58.6 Å². The smallest absolute Gasteiger partial charge is 0.376 e. The van der Waals surface area contributed by atoms with Crippen molar-refractivity contribution in [1.29, 1.82) is 0 Å². The maximum atomic E-state index is 11.9. The van der Waals surface area contributed by atoms with E-state index in [1.54, 1.807) is 4.90 Å². The Morgan fingerprint density at radius 3 is 2.44 bits per heavy atom. The molecule has 2 heterocycles. The van der Waals surface area contributed by atoms with Crippen LogP contribution in [0, 0.1) is 16.7 Å². The van der Waals surface area contributed by atoms with Crippen molar-refractivity contribution in [1.82, 2.24) is 10.2 Å². The van der Waals surface area contributed by atoms with Gasteiger partial charge in [0.15, 0.2) is 0 Å². The first-order valence-electron chi connectivity index (χ1n) is 6.63. The highest BCUT2D eigenvalue weighted by atomic mass is 16.6. The number of amides is 1. The molecule has 1 aliphatic carbocycles. The molecule has 1 unspecified atom stereocenters. The average Bonchev–Trinajstić information content (AvgIpc) is 2.75. The standard InChI is InChI=1S/C13H20N2O3/c1-12(2)5-9(12)10(16)18-11(17)15-4-3-13(8-15)6-14-7-13/h9,14H,3-8H2,1-2H3. The second-order valence-corrected chi connectivity index (χ2v) is 6.71. The van der Waals surface area contributed by atoms with Crippen LogP contribution in [0.4, 0.5) is 4.79 Å². The van der Waals surface area contributed by atoms with E-state index in [1.807, 2.05) is 13.8 Å². The number of ether oxygens (including phenoxy) is 1. The van der Waals surface area contributed by atoms with Crippen LogP contribution >= 0.6 is 0 Å². The number of nitrogens with one attached hydrogen (secondary N) is 1. The third kappa shape index (κ3) is 1.90. The van der Waals surface area contributed by atoms with Gasteiger partial charge in [0, 0.05) is 31.6 Å². The van der Waals surface area contributed by atoms with Crippen LogP contribution < -0.4 is 5.32 Å². The van der Waals surface area contributed by atoms with E-state index >= 15 is 0 Å². The predicted octanol–water partition coefficient (Wildman–Crippen LogP) is 0.991. The van der Waals surface area contributed by atoms with Crippen LogP contribution in [-0.2, 0) is 9.53 Å². The van der Waals surface area contributed by atoms with Gasteiger partial charge in [-0.25, -0.2) is 4.79 Å². The van der Waals surface area contributed by atoms with Crippen molar-refractivity contribution in [3.8, 4) is 0 Å². The van der Waals surface area contributed by atoms with Crippen LogP contribution in [0.25, 0.3) is 0 Å². The van der Waals surface area contributed by atoms with Crippen LogP contribution in [0.15, 0.2) is 0 Å². The number of hydrogen-bond donors (Lipinski definition) is 1. The molecule has 3 aliphatic rings. The first-order valence-corrected chi connectivity index (χ1v) is 6.63. The molecule has 2 saturated heterocycles. The van der Waals surface area contributed by atoms with Crippen LogP contribution in [0.5, 0.6) is 0 Å². The molecule has 1 saturated carbocycles. The monoisotopic (exact) mass is 252 g/mol. The molecule has 0 bridgehead atoms. The maximum absolute atomic E-state index is 11.9. The number of esters is 1. The molecular weight excluding hydrogens is 232 g/mol. The Morgan fingerprint density at radius 1 is 1.33 bits per heavy atom. The van der Waals surface area contributed by atoms with Crippen molar-refractivity contribution < 1.29 is 14.3 Å². The zero-order chi connectivity index (χ0) is 13.0. The molecule has 3 fully saturated rings. The van der Waals surface area contributed by atoms with Gasteiger partial charge in [0.2, 0.25) is 0 Å². The highest BCUT2D eigenvalue weighted by molar-refractivity contribution is 5.88. The fourth-order valence-corrected chi connectivity index (χ4v) is 2.95. The summed E-state index contributed by atoms with van der Waals surface area (Å²) in [5.41, 5.74) is 0.266. The quantitative estimate of drug-likeness (QED) is 0.558. The summed E-state index contributed by atoms with van der Waals surface area (Å²) in [7, 11) is 0. The van der Waals surface area contributed by atoms with Crippen LogP contribution in [0.1, 0.15) is 26.7 Å². The van der Waals surface area contributed by atoms with Gasteiger partial charge in [-0.1, -0.05) is 13.8 Å². The van der Waals surface area contributed by atoms with Gasteiger partial charge in [-0.15, -0.1) is 0 Å². The molecule has 0 aromatic carbocycles. The molecule has 1 atom stereocenters. The van der Waals surface area contributed by atoms with Gasteiger partial charge in [-0.2, -0.15) is 0 Å². The first-order chi connectivity index (χ1) is 8.42. The van der Waals surface area contributed by atoms with E-state index in [4.69, 9.17) is 4.74 Å². The lowest BCUT2D eigenvalue weighted by Crippen LogP contribution is -2.55. The summed E-state index contributed by atoms with van der Waals surface area (Å²) < 4.78 is 4.98. The minimum Gasteiger partial charge on any atom is -0.376 e. The van der Waals surface area contributed by atoms with E-state index in [2.05, 4.69) is 5.32 Å². The van der Waals surface area contributed by atoms with Gasteiger partial charge in [0.1, 0.15) is 0 Å². The summed E-state index contributed by atoms with van der Waals surface area (Å²) in [4.78, 5) is 25.3. The second kappa shape index (κ2) is 3.70. The van der Waals surface area contributed by atoms with Crippen molar-refractivity contribution in [2.45, 2.75) is 26.7 Å². The fraction of sp³-hybridized carbons (Fsp3) is 0.846. The molecule has 2 aliphatic heterocycles.